The number of methoxy groups -OCH3 is 3. The van der Waals surface area contributed by atoms with Gasteiger partial charge in [0.25, 0.3) is 5.91 Å². The number of benzene rings is 1. The van der Waals surface area contributed by atoms with Crippen molar-refractivity contribution >= 4 is 5.91 Å². The van der Waals surface area contributed by atoms with Gasteiger partial charge in [-0.15, -0.1) is 0 Å². The van der Waals surface area contributed by atoms with Crippen molar-refractivity contribution in [1.82, 2.24) is 5.32 Å². The highest BCUT2D eigenvalue weighted by Crippen LogP contribution is 2.40. The second kappa shape index (κ2) is 5.38. The van der Waals surface area contributed by atoms with E-state index in [0.717, 1.165) is 6.42 Å². The molecule has 0 bridgehead atoms. The summed E-state index contributed by atoms with van der Waals surface area (Å²) in [6, 6.07) is 3.65. The average molecular weight is 265 g/mol. The molecular formula is C14H19NO4. The molecular weight excluding hydrogens is 246 g/mol. The van der Waals surface area contributed by atoms with Crippen molar-refractivity contribution in [3.8, 4) is 17.2 Å². The fourth-order valence-electron chi connectivity index (χ4n) is 2.05. The smallest absolute Gasteiger partial charge is 0.255 e. The van der Waals surface area contributed by atoms with Gasteiger partial charge in [0.15, 0.2) is 11.5 Å². The van der Waals surface area contributed by atoms with Crippen LogP contribution in [0, 0.1) is 5.92 Å². The van der Waals surface area contributed by atoms with Crippen molar-refractivity contribution in [2.24, 2.45) is 5.92 Å². The molecule has 1 amide bonds. The van der Waals surface area contributed by atoms with Gasteiger partial charge >= 0.3 is 0 Å². The van der Waals surface area contributed by atoms with Gasteiger partial charge in [-0.25, -0.2) is 0 Å². The Bertz CT molecular complexity index is 487. The Hall–Kier alpha value is -1.91. The molecule has 5 nitrogen and oxygen atoms in total. The van der Waals surface area contributed by atoms with E-state index in [1.54, 1.807) is 19.2 Å². The lowest BCUT2D eigenvalue weighted by Gasteiger charge is -2.15. The topological polar surface area (TPSA) is 56.8 Å². The molecule has 104 valence electrons. The SMILES string of the molecule is COc1ccc(C(=O)NC2CC2C)c(OC)c1OC. The van der Waals surface area contributed by atoms with Gasteiger partial charge in [-0.05, 0) is 24.5 Å². The zero-order valence-electron chi connectivity index (χ0n) is 11.6. The van der Waals surface area contributed by atoms with Gasteiger partial charge in [-0.3, -0.25) is 4.79 Å². The van der Waals surface area contributed by atoms with E-state index in [2.05, 4.69) is 12.2 Å². The number of hydrogen-bond acceptors (Lipinski definition) is 4. The van der Waals surface area contributed by atoms with Crippen LogP contribution >= 0.6 is 0 Å². The van der Waals surface area contributed by atoms with Gasteiger partial charge in [-0.1, -0.05) is 6.92 Å². The number of hydrogen-bond donors (Lipinski definition) is 1. The Balaban J connectivity index is 2.31. The van der Waals surface area contributed by atoms with Crippen LogP contribution in [-0.4, -0.2) is 33.3 Å². The van der Waals surface area contributed by atoms with E-state index in [1.165, 1.54) is 14.2 Å². The molecule has 19 heavy (non-hydrogen) atoms. The van der Waals surface area contributed by atoms with Crippen molar-refractivity contribution < 1.29 is 19.0 Å². The predicted octanol–water partition coefficient (Wildman–Crippen LogP) is 1.85. The summed E-state index contributed by atoms with van der Waals surface area (Å²) in [6.45, 7) is 2.11. The summed E-state index contributed by atoms with van der Waals surface area (Å²) < 4.78 is 15.7. The van der Waals surface area contributed by atoms with Crippen molar-refractivity contribution in [2.75, 3.05) is 21.3 Å². The fourth-order valence-corrected chi connectivity index (χ4v) is 2.05. The summed E-state index contributed by atoms with van der Waals surface area (Å²) >= 11 is 0. The predicted molar refractivity (Wildman–Crippen MR) is 71.1 cm³/mol. The molecule has 5 heteroatoms. The molecule has 1 aliphatic carbocycles. The Morgan fingerprint density at radius 1 is 1.16 bits per heavy atom. The van der Waals surface area contributed by atoms with E-state index in [4.69, 9.17) is 14.2 Å². The van der Waals surface area contributed by atoms with Crippen molar-refractivity contribution in [3.63, 3.8) is 0 Å². The molecule has 1 fully saturated rings. The van der Waals surface area contributed by atoms with Crippen molar-refractivity contribution in [3.05, 3.63) is 17.7 Å². The molecule has 0 radical (unpaired) electrons. The second-order valence-electron chi connectivity index (χ2n) is 4.67. The number of rotatable bonds is 5. The van der Waals surface area contributed by atoms with Crippen LogP contribution in [0.3, 0.4) is 0 Å². The molecule has 1 aliphatic rings. The molecule has 1 N–H and O–H groups in total. The Morgan fingerprint density at radius 3 is 2.26 bits per heavy atom. The Kier molecular flexibility index (Phi) is 3.83. The van der Waals surface area contributed by atoms with E-state index >= 15 is 0 Å². The number of carbonyl (C=O) groups is 1. The minimum absolute atomic E-state index is 0.146. The van der Waals surface area contributed by atoms with Crippen LogP contribution in [-0.2, 0) is 0 Å². The third-order valence-electron chi connectivity index (χ3n) is 3.37. The van der Waals surface area contributed by atoms with Gasteiger partial charge in [0.2, 0.25) is 5.75 Å². The molecule has 1 aromatic rings. The number of nitrogens with one attached hydrogen (secondary N) is 1. The quantitative estimate of drug-likeness (QED) is 0.882. The maximum absolute atomic E-state index is 12.2. The fraction of sp³-hybridized carbons (Fsp3) is 0.500. The van der Waals surface area contributed by atoms with Gasteiger partial charge in [0, 0.05) is 6.04 Å². The lowest BCUT2D eigenvalue weighted by Crippen LogP contribution is -2.27. The van der Waals surface area contributed by atoms with Crippen LogP contribution in [0.2, 0.25) is 0 Å². The zero-order valence-corrected chi connectivity index (χ0v) is 11.6. The van der Waals surface area contributed by atoms with Gasteiger partial charge in [-0.2, -0.15) is 0 Å². The van der Waals surface area contributed by atoms with Crippen LogP contribution in [0.25, 0.3) is 0 Å². The summed E-state index contributed by atoms with van der Waals surface area (Å²) in [7, 11) is 4.57. The maximum Gasteiger partial charge on any atom is 0.255 e. The molecule has 2 unspecified atom stereocenters. The average Bonchev–Trinajstić information content (AvgIpc) is 3.11. The van der Waals surface area contributed by atoms with Gasteiger partial charge in [0.05, 0.1) is 26.9 Å². The third-order valence-corrected chi connectivity index (χ3v) is 3.37. The highest BCUT2D eigenvalue weighted by Gasteiger charge is 2.35. The highest BCUT2D eigenvalue weighted by molar-refractivity contribution is 5.98. The van der Waals surface area contributed by atoms with Crippen molar-refractivity contribution in [1.29, 1.82) is 0 Å². The molecule has 1 saturated carbocycles. The van der Waals surface area contributed by atoms with E-state index in [1.807, 2.05) is 0 Å². The van der Waals surface area contributed by atoms with Crippen molar-refractivity contribution in [2.45, 2.75) is 19.4 Å². The van der Waals surface area contributed by atoms with Gasteiger partial charge < -0.3 is 19.5 Å². The van der Waals surface area contributed by atoms with Crippen LogP contribution in [0.1, 0.15) is 23.7 Å². The lowest BCUT2D eigenvalue weighted by atomic mass is 10.1. The van der Waals surface area contributed by atoms with Crippen LogP contribution < -0.4 is 19.5 Å². The first-order valence-corrected chi connectivity index (χ1v) is 6.22. The number of amides is 1. The molecule has 2 rings (SSSR count). The third kappa shape index (κ3) is 2.59. The summed E-state index contributed by atoms with van der Waals surface area (Å²) in [5.41, 5.74) is 0.458. The number of ether oxygens (including phenoxy) is 3. The molecule has 0 saturated heterocycles. The highest BCUT2D eigenvalue weighted by atomic mass is 16.5. The molecule has 0 aliphatic heterocycles. The summed E-state index contributed by atoms with van der Waals surface area (Å²) in [6.07, 6.45) is 1.03. The standard InChI is InChI=1S/C14H19NO4/c1-8-7-10(8)15-14(16)9-5-6-11(17-2)13(19-4)12(9)18-3/h5-6,8,10H,7H2,1-4H3,(H,15,16). The molecule has 1 aromatic carbocycles. The lowest BCUT2D eigenvalue weighted by molar-refractivity contribution is 0.0945. The normalized spacial score (nSPS) is 20.6. The first-order valence-electron chi connectivity index (χ1n) is 6.22. The van der Waals surface area contributed by atoms with E-state index < -0.39 is 0 Å². The monoisotopic (exact) mass is 265 g/mol. The first kappa shape index (κ1) is 13.5. The maximum atomic E-state index is 12.2. The van der Waals surface area contributed by atoms with Gasteiger partial charge in [0.1, 0.15) is 0 Å². The molecule has 0 spiro atoms. The molecule has 2 atom stereocenters. The second-order valence-corrected chi connectivity index (χ2v) is 4.67. The first-order chi connectivity index (χ1) is 9.12. The minimum Gasteiger partial charge on any atom is -0.493 e. The van der Waals surface area contributed by atoms with E-state index in [9.17, 15) is 4.79 Å². The van der Waals surface area contributed by atoms with Crippen LogP contribution in [0.5, 0.6) is 17.2 Å². The summed E-state index contributed by atoms with van der Waals surface area (Å²) in [5, 5.41) is 2.97. The van der Waals surface area contributed by atoms with E-state index in [-0.39, 0.29) is 11.9 Å². The summed E-state index contributed by atoms with van der Waals surface area (Å²) in [4.78, 5) is 12.2. The van der Waals surface area contributed by atoms with Crippen LogP contribution in [0.4, 0.5) is 0 Å². The molecule has 0 aromatic heterocycles. The largest absolute Gasteiger partial charge is 0.493 e. The minimum atomic E-state index is -0.146. The Morgan fingerprint density at radius 2 is 1.79 bits per heavy atom. The summed E-state index contributed by atoms with van der Waals surface area (Å²) in [5.74, 6) is 1.77. The number of carbonyl (C=O) groups excluding carboxylic acids is 1. The van der Waals surface area contributed by atoms with Crippen LogP contribution in [0.15, 0.2) is 12.1 Å². The zero-order chi connectivity index (χ0) is 14.0. The molecule has 0 heterocycles. The van der Waals surface area contributed by atoms with E-state index in [0.29, 0.717) is 28.7 Å². The Labute approximate surface area is 112 Å².